The van der Waals surface area contributed by atoms with Gasteiger partial charge in [0.05, 0.1) is 4.88 Å². The second-order valence-corrected chi connectivity index (χ2v) is 5.99. The first kappa shape index (κ1) is 14.8. The number of thiophene rings is 1. The summed E-state index contributed by atoms with van der Waals surface area (Å²) in [5, 5.41) is 13.3. The van der Waals surface area contributed by atoms with E-state index in [9.17, 15) is 9.59 Å². The highest BCUT2D eigenvalue weighted by Gasteiger charge is 2.16. The van der Waals surface area contributed by atoms with Gasteiger partial charge in [-0.15, -0.1) is 11.3 Å². The van der Waals surface area contributed by atoms with E-state index in [1.165, 1.54) is 43.1 Å². The average Bonchev–Trinajstić information content (AvgIpc) is 3.07. The predicted octanol–water partition coefficient (Wildman–Crippen LogP) is 3.16. The van der Waals surface area contributed by atoms with Crippen LogP contribution in [0.3, 0.4) is 0 Å². The van der Waals surface area contributed by atoms with Gasteiger partial charge in [0.25, 0.3) is 5.91 Å². The van der Waals surface area contributed by atoms with E-state index in [1.807, 2.05) is 0 Å². The fourth-order valence-corrected chi connectivity index (χ4v) is 3.37. The quantitative estimate of drug-likeness (QED) is 0.792. The first-order chi connectivity index (χ1) is 9.66. The normalized spacial score (nSPS) is 15.8. The molecule has 0 aromatic carbocycles. The molecule has 1 aliphatic carbocycles. The van der Waals surface area contributed by atoms with Crippen LogP contribution >= 0.6 is 11.3 Å². The number of carbonyl (C=O) groups excluding carboxylic acids is 1. The van der Waals surface area contributed by atoms with Gasteiger partial charge in [0.2, 0.25) is 0 Å². The van der Waals surface area contributed by atoms with Crippen LogP contribution < -0.4 is 5.32 Å². The number of aliphatic carboxylic acids is 1. The first-order valence-electron chi connectivity index (χ1n) is 6.93. The summed E-state index contributed by atoms with van der Waals surface area (Å²) in [5.41, 5.74) is 0.663. The van der Waals surface area contributed by atoms with Crippen LogP contribution in [0.1, 0.15) is 47.3 Å². The summed E-state index contributed by atoms with van der Waals surface area (Å²) >= 11 is 1.34. The van der Waals surface area contributed by atoms with Gasteiger partial charge in [0, 0.05) is 12.6 Å². The van der Waals surface area contributed by atoms with Crippen molar-refractivity contribution in [3.05, 3.63) is 28.0 Å². The molecule has 1 aromatic heterocycles. The number of hydrogen-bond acceptors (Lipinski definition) is 3. The molecule has 1 aromatic rings. The van der Waals surface area contributed by atoms with Gasteiger partial charge < -0.3 is 10.4 Å². The third-order valence-electron chi connectivity index (χ3n) is 3.62. The molecular weight excluding hydrogens is 274 g/mol. The van der Waals surface area contributed by atoms with E-state index in [0.717, 1.165) is 18.4 Å². The zero-order chi connectivity index (χ0) is 14.4. The maximum absolute atomic E-state index is 12.1. The molecule has 0 aliphatic heterocycles. The Kier molecular flexibility index (Phi) is 5.35. The lowest BCUT2D eigenvalue weighted by Gasteiger charge is -2.09. The van der Waals surface area contributed by atoms with Crippen LogP contribution in [0.2, 0.25) is 0 Å². The average molecular weight is 293 g/mol. The molecule has 1 aliphatic rings. The van der Waals surface area contributed by atoms with Crippen molar-refractivity contribution >= 4 is 29.3 Å². The van der Waals surface area contributed by atoms with Crippen LogP contribution in [-0.2, 0) is 4.79 Å². The van der Waals surface area contributed by atoms with Gasteiger partial charge in [-0.05, 0) is 35.4 Å². The van der Waals surface area contributed by atoms with Crippen molar-refractivity contribution in [2.45, 2.75) is 32.1 Å². The SMILES string of the molecule is O=C(O)C=Cc1ccsc1C(=O)NCCC1CCCC1. The smallest absolute Gasteiger partial charge is 0.328 e. The molecule has 1 amide bonds. The summed E-state index contributed by atoms with van der Waals surface area (Å²) in [4.78, 5) is 23.2. The Bertz CT molecular complexity index is 501. The third-order valence-corrected chi connectivity index (χ3v) is 4.55. The molecule has 0 bridgehead atoms. The molecule has 0 unspecified atom stereocenters. The Morgan fingerprint density at radius 2 is 2.15 bits per heavy atom. The van der Waals surface area contributed by atoms with Gasteiger partial charge in [-0.3, -0.25) is 4.79 Å². The second-order valence-electron chi connectivity index (χ2n) is 5.07. The summed E-state index contributed by atoms with van der Waals surface area (Å²) in [6.07, 6.45) is 8.74. The number of carboxylic acids is 1. The molecule has 5 heteroatoms. The maximum atomic E-state index is 12.1. The van der Waals surface area contributed by atoms with Crippen molar-refractivity contribution in [2.75, 3.05) is 6.54 Å². The molecule has 1 fully saturated rings. The van der Waals surface area contributed by atoms with Gasteiger partial charge in [-0.1, -0.05) is 25.7 Å². The second kappa shape index (κ2) is 7.24. The minimum atomic E-state index is -1.01. The van der Waals surface area contributed by atoms with Gasteiger partial charge in [-0.25, -0.2) is 4.79 Å². The van der Waals surface area contributed by atoms with Gasteiger partial charge in [-0.2, -0.15) is 0 Å². The third kappa shape index (κ3) is 4.20. The van der Waals surface area contributed by atoms with Crippen LogP contribution in [0, 0.1) is 5.92 Å². The maximum Gasteiger partial charge on any atom is 0.328 e. The number of nitrogens with one attached hydrogen (secondary N) is 1. The van der Waals surface area contributed by atoms with Gasteiger partial charge in [0.15, 0.2) is 0 Å². The molecule has 20 heavy (non-hydrogen) atoms. The fourth-order valence-electron chi connectivity index (χ4n) is 2.57. The first-order valence-corrected chi connectivity index (χ1v) is 7.81. The van der Waals surface area contributed by atoms with E-state index in [2.05, 4.69) is 5.32 Å². The Labute approximate surface area is 122 Å². The molecule has 0 radical (unpaired) electrons. The van der Waals surface area contributed by atoms with E-state index in [4.69, 9.17) is 5.11 Å². The zero-order valence-corrected chi connectivity index (χ0v) is 12.1. The highest BCUT2D eigenvalue weighted by molar-refractivity contribution is 7.12. The predicted molar refractivity (Wildman–Crippen MR) is 79.9 cm³/mol. The monoisotopic (exact) mass is 293 g/mol. The number of carbonyl (C=O) groups is 2. The topological polar surface area (TPSA) is 66.4 Å². The van der Waals surface area contributed by atoms with Crippen molar-refractivity contribution < 1.29 is 14.7 Å². The highest BCUT2D eigenvalue weighted by atomic mass is 32.1. The van der Waals surface area contributed by atoms with E-state index in [1.54, 1.807) is 11.4 Å². The minimum absolute atomic E-state index is 0.108. The van der Waals surface area contributed by atoms with E-state index >= 15 is 0 Å². The molecule has 1 saturated carbocycles. The Hall–Kier alpha value is -1.62. The molecule has 4 nitrogen and oxygen atoms in total. The molecule has 108 valence electrons. The molecule has 1 heterocycles. The largest absolute Gasteiger partial charge is 0.478 e. The summed E-state index contributed by atoms with van der Waals surface area (Å²) in [5.74, 6) is -0.364. The molecule has 2 N–H and O–H groups in total. The van der Waals surface area contributed by atoms with E-state index in [0.29, 0.717) is 17.0 Å². The highest BCUT2D eigenvalue weighted by Crippen LogP contribution is 2.27. The number of hydrogen-bond donors (Lipinski definition) is 2. The lowest BCUT2D eigenvalue weighted by molar-refractivity contribution is -0.131. The number of amides is 1. The van der Waals surface area contributed by atoms with E-state index in [-0.39, 0.29) is 5.91 Å². The molecule has 0 spiro atoms. The summed E-state index contributed by atoms with van der Waals surface area (Å²) < 4.78 is 0. The van der Waals surface area contributed by atoms with Crippen molar-refractivity contribution in [1.82, 2.24) is 5.32 Å². The summed E-state index contributed by atoms with van der Waals surface area (Å²) in [6, 6.07) is 1.76. The number of rotatable bonds is 6. The van der Waals surface area contributed by atoms with Crippen molar-refractivity contribution in [3.8, 4) is 0 Å². The molecular formula is C15H19NO3S. The van der Waals surface area contributed by atoms with Crippen molar-refractivity contribution in [1.29, 1.82) is 0 Å². The van der Waals surface area contributed by atoms with Crippen LogP contribution in [0.4, 0.5) is 0 Å². The summed E-state index contributed by atoms with van der Waals surface area (Å²) in [6.45, 7) is 0.698. The minimum Gasteiger partial charge on any atom is -0.478 e. The molecule has 2 rings (SSSR count). The van der Waals surface area contributed by atoms with Crippen molar-refractivity contribution in [3.63, 3.8) is 0 Å². The molecule has 0 saturated heterocycles. The lowest BCUT2D eigenvalue weighted by atomic mass is 10.0. The van der Waals surface area contributed by atoms with Gasteiger partial charge >= 0.3 is 5.97 Å². The summed E-state index contributed by atoms with van der Waals surface area (Å²) in [7, 11) is 0. The van der Waals surface area contributed by atoms with Crippen LogP contribution in [0.25, 0.3) is 6.08 Å². The Morgan fingerprint density at radius 3 is 2.85 bits per heavy atom. The number of carboxylic acid groups (broad SMARTS) is 1. The van der Waals surface area contributed by atoms with Crippen LogP contribution in [0.5, 0.6) is 0 Å². The van der Waals surface area contributed by atoms with Crippen LogP contribution in [-0.4, -0.2) is 23.5 Å². The van der Waals surface area contributed by atoms with Gasteiger partial charge in [0.1, 0.15) is 0 Å². The van der Waals surface area contributed by atoms with Crippen LogP contribution in [0.15, 0.2) is 17.5 Å². The Balaban J connectivity index is 1.85. The van der Waals surface area contributed by atoms with Crippen molar-refractivity contribution in [2.24, 2.45) is 5.92 Å². The van der Waals surface area contributed by atoms with E-state index < -0.39 is 5.97 Å². The lowest BCUT2D eigenvalue weighted by Crippen LogP contribution is -2.25. The molecule has 0 atom stereocenters. The fraction of sp³-hybridized carbons (Fsp3) is 0.467. The Morgan fingerprint density at radius 1 is 1.40 bits per heavy atom. The zero-order valence-electron chi connectivity index (χ0n) is 11.3. The standard InChI is InChI=1S/C15H19NO3S/c17-13(18)6-5-12-8-10-20-14(12)15(19)16-9-7-11-3-1-2-4-11/h5-6,8,10-11H,1-4,7,9H2,(H,16,19)(H,17,18).